The Kier molecular flexibility index (Phi) is 7.86. The number of alkyl halides is 3. The fraction of sp³-hybridized carbons (Fsp3) is 0.517. The minimum absolute atomic E-state index is 0.158. The molecule has 0 amide bonds. The van der Waals surface area contributed by atoms with Gasteiger partial charge in [-0.1, -0.05) is 17.7 Å². The molecular weight excluding hydrogens is 613 g/mol. The molecule has 3 fully saturated rings. The lowest BCUT2D eigenvalue weighted by molar-refractivity contribution is -0.165. The average Bonchev–Trinajstić information content (AvgIpc) is 3.58. The van der Waals surface area contributed by atoms with Crippen molar-refractivity contribution in [2.75, 3.05) is 31.6 Å². The van der Waals surface area contributed by atoms with Gasteiger partial charge in [-0.15, -0.1) is 5.10 Å². The summed E-state index contributed by atoms with van der Waals surface area (Å²) < 4.78 is 54.1. The summed E-state index contributed by atoms with van der Waals surface area (Å²) in [6, 6.07) is 6.06. The molecule has 3 aromatic heterocycles. The summed E-state index contributed by atoms with van der Waals surface area (Å²) in [7, 11) is 0. The summed E-state index contributed by atoms with van der Waals surface area (Å²) in [6.45, 7) is 6.03. The van der Waals surface area contributed by atoms with Crippen LogP contribution in [0.1, 0.15) is 37.9 Å². The number of benzene rings is 1. The Labute approximate surface area is 261 Å². The van der Waals surface area contributed by atoms with Gasteiger partial charge in [-0.25, -0.2) is 14.6 Å². The molecule has 1 aromatic carbocycles. The summed E-state index contributed by atoms with van der Waals surface area (Å²) >= 11 is 6.39. The second kappa shape index (κ2) is 11.8. The lowest BCUT2D eigenvalue weighted by Gasteiger charge is -2.61. The van der Waals surface area contributed by atoms with E-state index in [1.807, 2.05) is 17.7 Å². The SMILES string of the molecule is CC(Cn1cnnn1)Oc1cc(-c2cnc(Nc3cn(C4CC5(C4)CN(C4COC4)C5)nc3CCC(F)(F)F)nc2)ccc1Cl. The maximum Gasteiger partial charge on any atom is 0.389 e. The highest BCUT2D eigenvalue weighted by molar-refractivity contribution is 6.32. The van der Waals surface area contributed by atoms with Crippen LogP contribution in [-0.4, -0.2) is 89.5 Å². The van der Waals surface area contributed by atoms with E-state index in [1.165, 1.54) is 6.33 Å². The van der Waals surface area contributed by atoms with Crippen LogP contribution >= 0.6 is 11.6 Å². The number of likely N-dealkylation sites (tertiary alicyclic amines) is 1. The highest BCUT2D eigenvalue weighted by atomic mass is 35.5. The van der Waals surface area contributed by atoms with E-state index < -0.39 is 12.6 Å². The smallest absolute Gasteiger partial charge is 0.389 e. The highest BCUT2D eigenvalue weighted by Gasteiger charge is 2.55. The average molecular weight is 645 g/mol. The standard InChI is InChI=1S/C29H32ClF3N10O2/c1-18(11-42-17-36-39-40-42)45-26-6-19(2-3-23(26)30)20-9-34-27(35-10-20)37-25-12-43(38-24(25)4-5-29(31,32)33)21-7-28(8-21)15-41(16-28)22-13-44-14-22/h2-3,6,9-10,12,17-18,21-22H,4-5,7-8,11,13-16H2,1H3,(H,34,35,37). The van der Waals surface area contributed by atoms with Gasteiger partial charge < -0.3 is 14.8 Å². The number of anilines is 2. The van der Waals surface area contributed by atoms with Gasteiger partial charge in [0.05, 0.1) is 48.2 Å². The first kappa shape index (κ1) is 29.9. The summed E-state index contributed by atoms with van der Waals surface area (Å²) in [5.41, 5.74) is 2.61. The Morgan fingerprint density at radius 1 is 1.13 bits per heavy atom. The van der Waals surface area contributed by atoms with Gasteiger partial charge in [0.2, 0.25) is 5.95 Å². The molecule has 5 heterocycles. The summed E-state index contributed by atoms with van der Waals surface area (Å²) in [4.78, 5) is 11.3. The number of ether oxygens (including phenoxy) is 2. The van der Waals surface area contributed by atoms with Crippen molar-refractivity contribution in [3.8, 4) is 16.9 Å². The monoisotopic (exact) mass is 644 g/mol. The summed E-state index contributed by atoms with van der Waals surface area (Å²) in [5, 5.41) is 19.2. The quantitative estimate of drug-likeness (QED) is 0.245. The van der Waals surface area contributed by atoms with Crippen LogP contribution < -0.4 is 10.1 Å². The van der Waals surface area contributed by atoms with E-state index in [4.69, 9.17) is 21.1 Å². The fourth-order valence-electron chi connectivity index (χ4n) is 6.27. The molecule has 1 aliphatic carbocycles. The van der Waals surface area contributed by atoms with Gasteiger partial charge in [0, 0.05) is 50.1 Å². The Bertz CT molecular complexity index is 1610. The van der Waals surface area contributed by atoms with Crippen molar-refractivity contribution >= 4 is 23.2 Å². The topological polar surface area (TPSA) is 121 Å². The van der Waals surface area contributed by atoms with Gasteiger partial charge in [-0.2, -0.15) is 18.3 Å². The molecule has 0 radical (unpaired) electrons. The maximum absolute atomic E-state index is 13.1. The van der Waals surface area contributed by atoms with Crippen LogP contribution in [0.2, 0.25) is 5.02 Å². The number of rotatable bonds is 11. The molecule has 0 bridgehead atoms. The van der Waals surface area contributed by atoms with E-state index in [-0.39, 0.29) is 29.9 Å². The Morgan fingerprint density at radius 3 is 2.58 bits per heavy atom. The molecular formula is C29H32ClF3N10O2. The van der Waals surface area contributed by atoms with Crippen LogP contribution in [0.3, 0.4) is 0 Å². The Balaban J connectivity index is 1.02. The first-order valence-corrected chi connectivity index (χ1v) is 15.2. The lowest BCUT2D eigenvalue weighted by atomic mass is 9.60. The minimum atomic E-state index is -4.28. The number of hydrogen-bond donors (Lipinski definition) is 1. The molecule has 2 saturated heterocycles. The van der Waals surface area contributed by atoms with Gasteiger partial charge in [0.15, 0.2) is 0 Å². The molecule has 1 saturated carbocycles. The molecule has 12 nitrogen and oxygen atoms in total. The van der Waals surface area contributed by atoms with Crippen molar-refractivity contribution < 1.29 is 22.6 Å². The third-order valence-electron chi connectivity index (χ3n) is 8.71. The maximum atomic E-state index is 13.1. The van der Waals surface area contributed by atoms with Crippen molar-refractivity contribution in [3.63, 3.8) is 0 Å². The molecule has 2 aliphatic heterocycles. The van der Waals surface area contributed by atoms with E-state index in [1.54, 1.807) is 35.4 Å². The zero-order valence-corrected chi connectivity index (χ0v) is 25.2. The first-order valence-electron chi connectivity index (χ1n) is 14.8. The first-order chi connectivity index (χ1) is 21.6. The van der Waals surface area contributed by atoms with Crippen molar-refractivity contribution in [2.45, 2.75) is 63.5 Å². The van der Waals surface area contributed by atoms with Gasteiger partial charge in [-0.3, -0.25) is 9.58 Å². The molecule has 1 N–H and O–H groups in total. The Morgan fingerprint density at radius 2 is 1.91 bits per heavy atom. The van der Waals surface area contributed by atoms with Gasteiger partial charge in [-0.05, 0) is 53.3 Å². The molecule has 7 rings (SSSR count). The van der Waals surface area contributed by atoms with Crippen molar-refractivity contribution in [3.05, 3.63) is 53.8 Å². The molecule has 16 heteroatoms. The second-order valence-corrected chi connectivity index (χ2v) is 12.7. The molecule has 1 spiro atoms. The zero-order chi connectivity index (χ0) is 31.2. The summed E-state index contributed by atoms with van der Waals surface area (Å²) in [5.74, 6) is 0.748. The van der Waals surface area contributed by atoms with Crippen LogP contribution in [0.25, 0.3) is 11.1 Å². The van der Waals surface area contributed by atoms with E-state index >= 15 is 0 Å². The Hall–Kier alpha value is -3.82. The number of aryl methyl sites for hydroxylation is 1. The van der Waals surface area contributed by atoms with Crippen molar-refractivity contribution in [2.24, 2.45) is 5.41 Å². The molecule has 4 aromatic rings. The fourth-order valence-corrected chi connectivity index (χ4v) is 6.44. The van der Waals surface area contributed by atoms with Crippen LogP contribution in [-0.2, 0) is 17.7 Å². The predicted molar refractivity (Wildman–Crippen MR) is 157 cm³/mol. The number of nitrogens with one attached hydrogen (secondary N) is 1. The predicted octanol–water partition coefficient (Wildman–Crippen LogP) is 4.72. The number of tetrazole rings is 1. The second-order valence-electron chi connectivity index (χ2n) is 12.3. The third kappa shape index (κ3) is 6.60. The molecule has 1 unspecified atom stereocenters. The van der Waals surface area contributed by atoms with Crippen LogP contribution in [0.15, 0.2) is 43.1 Å². The van der Waals surface area contributed by atoms with E-state index in [0.717, 1.165) is 44.7 Å². The van der Waals surface area contributed by atoms with Gasteiger partial charge >= 0.3 is 6.18 Å². The molecule has 45 heavy (non-hydrogen) atoms. The van der Waals surface area contributed by atoms with Crippen LogP contribution in [0.5, 0.6) is 5.75 Å². The van der Waals surface area contributed by atoms with Gasteiger partial charge in [0.1, 0.15) is 18.2 Å². The largest absolute Gasteiger partial charge is 0.487 e. The van der Waals surface area contributed by atoms with E-state index in [2.05, 4.69) is 40.8 Å². The molecule has 1 atom stereocenters. The number of halogens is 4. The molecule has 3 aliphatic rings. The van der Waals surface area contributed by atoms with Crippen LogP contribution in [0, 0.1) is 5.41 Å². The molecule has 238 valence electrons. The summed E-state index contributed by atoms with van der Waals surface area (Å²) in [6.07, 6.45) is 2.76. The van der Waals surface area contributed by atoms with Gasteiger partial charge in [0.25, 0.3) is 0 Å². The normalized spacial score (nSPS) is 19.1. The van der Waals surface area contributed by atoms with E-state index in [9.17, 15) is 13.2 Å². The third-order valence-corrected chi connectivity index (χ3v) is 9.02. The number of aromatic nitrogens is 8. The highest BCUT2D eigenvalue weighted by Crippen LogP contribution is 2.55. The van der Waals surface area contributed by atoms with Crippen molar-refractivity contribution in [1.29, 1.82) is 0 Å². The number of hydrogen-bond acceptors (Lipinski definition) is 10. The number of nitrogens with zero attached hydrogens (tertiary/aromatic N) is 9. The zero-order valence-electron chi connectivity index (χ0n) is 24.5. The minimum Gasteiger partial charge on any atom is -0.487 e. The van der Waals surface area contributed by atoms with Crippen molar-refractivity contribution in [1.82, 2.24) is 44.9 Å². The van der Waals surface area contributed by atoms with Crippen LogP contribution in [0.4, 0.5) is 24.8 Å². The van der Waals surface area contributed by atoms with E-state index in [0.29, 0.717) is 40.3 Å². The lowest BCUT2D eigenvalue weighted by Crippen LogP contribution is -2.68.